The van der Waals surface area contributed by atoms with Gasteiger partial charge < -0.3 is 9.47 Å². The third kappa shape index (κ3) is 2.93. The lowest BCUT2D eigenvalue weighted by Crippen LogP contribution is -2.57. The second-order valence-corrected chi connectivity index (χ2v) is 9.88. The van der Waals surface area contributed by atoms with E-state index in [4.69, 9.17) is 9.47 Å². The lowest BCUT2D eigenvalue weighted by molar-refractivity contribution is -0.174. The largest absolute Gasteiger partial charge is 0.462 e. The molecule has 0 radical (unpaired) electrons. The van der Waals surface area contributed by atoms with Crippen LogP contribution in [0.1, 0.15) is 72.6 Å². The zero-order valence-corrected chi connectivity index (χ0v) is 17.5. The third-order valence-electron chi connectivity index (χ3n) is 8.33. The van der Waals surface area contributed by atoms with Crippen molar-refractivity contribution in [1.82, 2.24) is 0 Å². The molecule has 4 aliphatic carbocycles. The number of hydrogen-bond acceptors (Lipinski definition) is 5. The summed E-state index contributed by atoms with van der Waals surface area (Å²) in [5, 5.41) is 0. The summed E-state index contributed by atoms with van der Waals surface area (Å²) in [6.45, 7) is 7.34. The SMILES string of the molecule is CC(=O)OC1CC[C@@]2(C)C(=CC[C@@H]3[C@H]2C(OC(C)=O)C[C@]2(C)C(=O)CC[C@@H]32)C1. The molecule has 0 heterocycles. The molecule has 4 rings (SSSR count). The van der Waals surface area contributed by atoms with E-state index in [0.717, 1.165) is 32.1 Å². The fraction of sp³-hybridized carbons (Fsp3) is 0.783. The van der Waals surface area contributed by atoms with Crippen LogP contribution in [0.5, 0.6) is 0 Å². The highest BCUT2D eigenvalue weighted by molar-refractivity contribution is 5.87. The van der Waals surface area contributed by atoms with Gasteiger partial charge in [0, 0.05) is 38.0 Å². The number of rotatable bonds is 2. The Bertz CT molecular complexity index is 739. The van der Waals surface area contributed by atoms with Crippen molar-refractivity contribution in [3.63, 3.8) is 0 Å². The first kappa shape index (κ1) is 19.7. The number of fused-ring (bicyclic) bond motifs is 5. The topological polar surface area (TPSA) is 69.7 Å². The van der Waals surface area contributed by atoms with Crippen LogP contribution in [0.15, 0.2) is 11.6 Å². The standard InChI is InChI=1S/C23H32O5/c1-13(24)27-16-9-10-22(3)15(11-16)5-6-17-18-7-8-20(26)23(18,4)12-19(21(17)22)28-14(2)25/h5,16-19,21H,6-12H2,1-4H3/t16?,17-,18-,19?,21-,22-,23-/m0/s1. The van der Waals surface area contributed by atoms with Gasteiger partial charge in [0.05, 0.1) is 0 Å². The van der Waals surface area contributed by atoms with E-state index in [1.54, 1.807) is 0 Å². The van der Waals surface area contributed by atoms with E-state index in [-0.39, 0.29) is 40.9 Å². The molecule has 0 aromatic rings. The highest BCUT2D eigenvalue weighted by atomic mass is 16.5. The van der Waals surface area contributed by atoms with Crippen molar-refractivity contribution in [1.29, 1.82) is 0 Å². The fourth-order valence-corrected chi connectivity index (χ4v) is 7.15. The van der Waals surface area contributed by atoms with E-state index in [1.165, 1.54) is 19.4 Å². The van der Waals surface area contributed by atoms with Crippen LogP contribution in [0, 0.1) is 28.6 Å². The van der Waals surface area contributed by atoms with Gasteiger partial charge in [-0.1, -0.05) is 25.5 Å². The molecule has 0 amide bonds. The highest BCUT2D eigenvalue weighted by Crippen LogP contribution is 2.64. The van der Waals surface area contributed by atoms with Gasteiger partial charge >= 0.3 is 11.9 Å². The van der Waals surface area contributed by atoms with Crippen LogP contribution >= 0.6 is 0 Å². The van der Waals surface area contributed by atoms with Crippen molar-refractivity contribution in [3.05, 3.63) is 11.6 Å². The van der Waals surface area contributed by atoms with Crippen molar-refractivity contribution in [2.75, 3.05) is 0 Å². The smallest absolute Gasteiger partial charge is 0.302 e. The van der Waals surface area contributed by atoms with Gasteiger partial charge in [0.1, 0.15) is 18.0 Å². The molecular weight excluding hydrogens is 356 g/mol. The summed E-state index contributed by atoms with van der Waals surface area (Å²) in [4.78, 5) is 36.1. The van der Waals surface area contributed by atoms with Crippen molar-refractivity contribution >= 4 is 17.7 Å². The first-order valence-electron chi connectivity index (χ1n) is 10.7. The summed E-state index contributed by atoms with van der Waals surface area (Å²) in [6, 6.07) is 0. The molecule has 28 heavy (non-hydrogen) atoms. The van der Waals surface area contributed by atoms with Gasteiger partial charge in [-0.2, -0.15) is 0 Å². The van der Waals surface area contributed by atoms with Gasteiger partial charge in [-0.05, 0) is 49.4 Å². The summed E-state index contributed by atoms with van der Waals surface area (Å²) < 4.78 is 11.4. The number of allylic oxidation sites excluding steroid dienone is 1. The normalized spacial score (nSPS) is 44.6. The Labute approximate surface area is 167 Å². The van der Waals surface area contributed by atoms with Crippen molar-refractivity contribution < 1.29 is 23.9 Å². The van der Waals surface area contributed by atoms with Gasteiger partial charge in [0.2, 0.25) is 0 Å². The minimum absolute atomic E-state index is 0.0533. The fourth-order valence-electron chi connectivity index (χ4n) is 7.15. The van der Waals surface area contributed by atoms with Gasteiger partial charge in [0.25, 0.3) is 0 Å². The number of Topliss-reactive ketones (excluding diaryl/α,β-unsaturated/α-hetero) is 1. The Balaban J connectivity index is 1.69. The van der Waals surface area contributed by atoms with E-state index in [0.29, 0.717) is 30.5 Å². The lowest BCUT2D eigenvalue weighted by atomic mass is 9.47. The monoisotopic (exact) mass is 388 g/mol. The molecule has 3 saturated carbocycles. The van der Waals surface area contributed by atoms with Crippen LogP contribution in [0.4, 0.5) is 0 Å². The van der Waals surface area contributed by atoms with Gasteiger partial charge in [-0.3, -0.25) is 14.4 Å². The van der Waals surface area contributed by atoms with E-state index >= 15 is 0 Å². The molecule has 7 atom stereocenters. The Morgan fingerprint density at radius 2 is 1.79 bits per heavy atom. The molecule has 0 aliphatic heterocycles. The molecule has 154 valence electrons. The minimum atomic E-state index is -0.363. The van der Waals surface area contributed by atoms with Gasteiger partial charge in [0.15, 0.2) is 0 Å². The maximum atomic E-state index is 12.7. The zero-order valence-electron chi connectivity index (χ0n) is 17.5. The number of ether oxygens (including phenoxy) is 2. The van der Waals surface area contributed by atoms with Crippen molar-refractivity contribution in [2.45, 2.75) is 84.8 Å². The summed E-state index contributed by atoms with van der Waals surface area (Å²) in [5.74, 6) is 0.833. The first-order valence-corrected chi connectivity index (χ1v) is 10.7. The number of hydrogen-bond donors (Lipinski definition) is 0. The summed E-state index contributed by atoms with van der Waals surface area (Å²) in [5.41, 5.74) is 0.918. The zero-order chi connectivity index (χ0) is 20.3. The Morgan fingerprint density at radius 3 is 2.46 bits per heavy atom. The number of ketones is 1. The Morgan fingerprint density at radius 1 is 1.07 bits per heavy atom. The molecule has 0 spiro atoms. The molecular formula is C23H32O5. The number of carbonyl (C=O) groups is 3. The van der Waals surface area contributed by atoms with E-state index in [1.807, 2.05) is 0 Å². The van der Waals surface area contributed by atoms with Gasteiger partial charge in [-0.15, -0.1) is 0 Å². The van der Waals surface area contributed by atoms with Crippen molar-refractivity contribution in [2.24, 2.45) is 28.6 Å². The summed E-state index contributed by atoms with van der Waals surface area (Å²) in [6.07, 6.45) is 7.78. The second kappa shape index (κ2) is 6.70. The molecule has 3 fully saturated rings. The second-order valence-electron chi connectivity index (χ2n) is 9.88. The minimum Gasteiger partial charge on any atom is -0.462 e. The lowest BCUT2D eigenvalue weighted by Gasteiger charge is -2.59. The third-order valence-corrected chi connectivity index (χ3v) is 8.33. The molecule has 2 unspecified atom stereocenters. The highest BCUT2D eigenvalue weighted by Gasteiger charge is 2.62. The molecule has 0 N–H and O–H groups in total. The summed E-state index contributed by atoms with van der Waals surface area (Å²) >= 11 is 0. The molecule has 0 aromatic heterocycles. The summed E-state index contributed by atoms with van der Waals surface area (Å²) in [7, 11) is 0. The molecule has 0 aromatic carbocycles. The molecule has 5 nitrogen and oxygen atoms in total. The van der Waals surface area contributed by atoms with E-state index in [9.17, 15) is 14.4 Å². The molecule has 0 saturated heterocycles. The predicted molar refractivity (Wildman–Crippen MR) is 103 cm³/mol. The van der Waals surface area contributed by atoms with Crippen LogP contribution in [0.25, 0.3) is 0 Å². The van der Waals surface area contributed by atoms with Crippen LogP contribution < -0.4 is 0 Å². The average molecular weight is 389 g/mol. The van der Waals surface area contributed by atoms with E-state index < -0.39 is 0 Å². The maximum absolute atomic E-state index is 12.7. The van der Waals surface area contributed by atoms with Crippen LogP contribution in [0.3, 0.4) is 0 Å². The average Bonchev–Trinajstić information content (AvgIpc) is 2.89. The molecule has 0 bridgehead atoms. The molecule has 4 aliphatic rings. The van der Waals surface area contributed by atoms with Crippen molar-refractivity contribution in [3.8, 4) is 0 Å². The number of esters is 2. The van der Waals surface area contributed by atoms with Crippen LogP contribution in [0.2, 0.25) is 0 Å². The van der Waals surface area contributed by atoms with E-state index in [2.05, 4.69) is 19.9 Å². The predicted octanol–water partition coefficient (Wildman–Crippen LogP) is 3.99. The Hall–Kier alpha value is -1.65. The molecule has 5 heteroatoms. The van der Waals surface area contributed by atoms with Crippen LogP contribution in [-0.4, -0.2) is 29.9 Å². The Kier molecular flexibility index (Phi) is 4.71. The maximum Gasteiger partial charge on any atom is 0.302 e. The van der Waals surface area contributed by atoms with Gasteiger partial charge in [-0.25, -0.2) is 0 Å². The first-order chi connectivity index (χ1) is 13.1. The van der Waals surface area contributed by atoms with Crippen LogP contribution in [-0.2, 0) is 23.9 Å². The number of carbonyl (C=O) groups excluding carboxylic acids is 3. The quantitative estimate of drug-likeness (QED) is 0.528.